The molecule has 0 spiro atoms. The number of carbonyl (C=O) groups is 1. The number of rotatable bonds is 8. The molecule has 5 heteroatoms. The summed E-state index contributed by atoms with van der Waals surface area (Å²) in [6.07, 6.45) is 0.142. The minimum absolute atomic E-state index is 0.0273. The number of hydrogen-bond acceptors (Lipinski definition) is 4. The SMILES string of the molecule is CC(C)Oc1cccc(C(C)NC(=O)CSCc2cccs2)c1. The molecule has 1 amide bonds. The molecule has 1 N–H and O–H groups in total. The van der Waals surface area contributed by atoms with Gasteiger partial charge in [-0.05, 0) is 49.9 Å². The highest BCUT2D eigenvalue weighted by molar-refractivity contribution is 7.99. The van der Waals surface area contributed by atoms with Crippen molar-refractivity contribution < 1.29 is 9.53 Å². The van der Waals surface area contributed by atoms with E-state index in [0.717, 1.165) is 17.1 Å². The number of hydrogen-bond donors (Lipinski definition) is 1. The van der Waals surface area contributed by atoms with Gasteiger partial charge in [-0.3, -0.25) is 4.79 Å². The molecule has 0 aliphatic heterocycles. The van der Waals surface area contributed by atoms with E-state index in [-0.39, 0.29) is 18.1 Å². The number of amides is 1. The van der Waals surface area contributed by atoms with Crippen molar-refractivity contribution >= 4 is 29.0 Å². The van der Waals surface area contributed by atoms with Crippen LogP contribution in [0.25, 0.3) is 0 Å². The van der Waals surface area contributed by atoms with Crippen LogP contribution in [0.15, 0.2) is 41.8 Å². The molecule has 124 valence electrons. The lowest BCUT2D eigenvalue weighted by atomic mass is 10.1. The average molecular weight is 350 g/mol. The van der Waals surface area contributed by atoms with E-state index in [1.807, 2.05) is 51.1 Å². The third-order valence-corrected chi connectivity index (χ3v) is 5.21. The molecule has 0 bridgehead atoms. The summed E-state index contributed by atoms with van der Waals surface area (Å²) in [5, 5.41) is 5.10. The molecule has 1 aromatic carbocycles. The Kier molecular flexibility index (Phi) is 6.99. The van der Waals surface area contributed by atoms with E-state index in [9.17, 15) is 4.79 Å². The average Bonchev–Trinajstić information content (AvgIpc) is 3.00. The highest BCUT2D eigenvalue weighted by atomic mass is 32.2. The van der Waals surface area contributed by atoms with Gasteiger partial charge in [-0.15, -0.1) is 23.1 Å². The Bertz CT molecular complexity index is 611. The van der Waals surface area contributed by atoms with Crippen LogP contribution in [0.3, 0.4) is 0 Å². The van der Waals surface area contributed by atoms with Crippen LogP contribution in [0.2, 0.25) is 0 Å². The number of thioether (sulfide) groups is 1. The highest BCUT2D eigenvalue weighted by Crippen LogP contribution is 2.21. The molecular weight excluding hydrogens is 326 g/mol. The zero-order valence-electron chi connectivity index (χ0n) is 13.7. The molecule has 1 atom stereocenters. The lowest BCUT2D eigenvalue weighted by Crippen LogP contribution is -2.28. The molecule has 0 radical (unpaired) electrons. The summed E-state index contributed by atoms with van der Waals surface area (Å²) >= 11 is 3.37. The molecule has 2 rings (SSSR count). The summed E-state index contributed by atoms with van der Waals surface area (Å²) in [5.74, 6) is 2.27. The van der Waals surface area contributed by atoms with E-state index in [0.29, 0.717) is 5.75 Å². The first-order valence-corrected chi connectivity index (χ1v) is 9.74. The Morgan fingerprint density at radius 3 is 2.78 bits per heavy atom. The molecule has 0 fully saturated rings. The number of carbonyl (C=O) groups excluding carboxylic acids is 1. The van der Waals surface area contributed by atoms with E-state index in [1.54, 1.807) is 23.1 Å². The fourth-order valence-electron chi connectivity index (χ4n) is 2.13. The van der Waals surface area contributed by atoms with Crippen molar-refractivity contribution in [2.45, 2.75) is 38.7 Å². The maximum Gasteiger partial charge on any atom is 0.230 e. The largest absolute Gasteiger partial charge is 0.491 e. The smallest absolute Gasteiger partial charge is 0.230 e. The van der Waals surface area contributed by atoms with Crippen molar-refractivity contribution in [1.82, 2.24) is 5.32 Å². The first kappa shape index (κ1) is 17.9. The van der Waals surface area contributed by atoms with Crippen molar-refractivity contribution in [3.8, 4) is 5.75 Å². The highest BCUT2D eigenvalue weighted by Gasteiger charge is 2.11. The molecular formula is C18H23NO2S2. The van der Waals surface area contributed by atoms with Crippen LogP contribution in [0.1, 0.15) is 37.3 Å². The van der Waals surface area contributed by atoms with Gasteiger partial charge >= 0.3 is 0 Å². The van der Waals surface area contributed by atoms with Crippen LogP contribution in [-0.2, 0) is 10.5 Å². The zero-order chi connectivity index (χ0) is 16.7. The van der Waals surface area contributed by atoms with Gasteiger partial charge in [0.25, 0.3) is 0 Å². The molecule has 23 heavy (non-hydrogen) atoms. The lowest BCUT2D eigenvalue weighted by molar-refractivity contribution is -0.119. The van der Waals surface area contributed by atoms with Crippen LogP contribution >= 0.6 is 23.1 Å². The minimum Gasteiger partial charge on any atom is -0.491 e. The predicted octanol–water partition coefficient (Wildman–Crippen LogP) is 4.65. The second kappa shape index (κ2) is 8.99. The maximum absolute atomic E-state index is 12.1. The zero-order valence-corrected chi connectivity index (χ0v) is 15.4. The number of benzene rings is 1. The van der Waals surface area contributed by atoms with Gasteiger partial charge in [0.1, 0.15) is 5.75 Å². The summed E-state index contributed by atoms with van der Waals surface area (Å²) in [7, 11) is 0. The van der Waals surface area contributed by atoms with E-state index < -0.39 is 0 Å². The Morgan fingerprint density at radius 1 is 1.26 bits per heavy atom. The summed E-state index contributed by atoms with van der Waals surface area (Å²) in [6.45, 7) is 6.00. The summed E-state index contributed by atoms with van der Waals surface area (Å²) < 4.78 is 5.70. The van der Waals surface area contributed by atoms with Gasteiger partial charge < -0.3 is 10.1 Å². The van der Waals surface area contributed by atoms with Crippen LogP contribution < -0.4 is 10.1 Å². The van der Waals surface area contributed by atoms with E-state index in [2.05, 4.69) is 16.8 Å². The first-order chi connectivity index (χ1) is 11.0. The summed E-state index contributed by atoms with van der Waals surface area (Å²) in [5.41, 5.74) is 1.06. The Hall–Kier alpha value is -1.46. The van der Waals surface area contributed by atoms with Gasteiger partial charge in [0, 0.05) is 10.6 Å². The van der Waals surface area contributed by atoms with Crippen molar-refractivity contribution in [3.05, 3.63) is 52.2 Å². The Morgan fingerprint density at radius 2 is 2.09 bits per heavy atom. The van der Waals surface area contributed by atoms with Gasteiger partial charge in [-0.1, -0.05) is 18.2 Å². The summed E-state index contributed by atoms with van der Waals surface area (Å²) in [6, 6.07) is 12.0. The number of nitrogens with one attached hydrogen (secondary N) is 1. The van der Waals surface area contributed by atoms with Crippen LogP contribution in [0.5, 0.6) is 5.75 Å². The van der Waals surface area contributed by atoms with Gasteiger partial charge in [0.15, 0.2) is 0 Å². The number of ether oxygens (including phenoxy) is 1. The molecule has 0 aliphatic rings. The molecule has 1 heterocycles. The third kappa shape index (κ3) is 6.28. The Labute approximate surface area is 146 Å². The van der Waals surface area contributed by atoms with E-state index in [1.165, 1.54) is 4.88 Å². The van der Waals surface area contributed by atoms with E-state index in [4.69, 9.17) is 4.74 Å². The first-order valence-electron chi connectivity index (χ1n) is 7.70. The monoisotopic (exact) mass is 349 g/mol. The molecule has 0 aliphatic carbocycles. The molecule has 1 unspecified atom stereocenters. The maximum atomic E-state index is 12.1. The van der Waals surface area contributed by atoms with Crippen molar-refractivity contribution in [3.63, 3.8) is 0 Å². The van der Waals surface area contributed by atoms with Crippen molar-refractivity contribution in [1.29, 1.82) is 0 Å². The predicted molar refractivity (Wildman–Crippen MR) is 99.2 cm³/mol. The van der Waals surface area contributed by atoms with Gasteiger partial charge in [-0.25, -0.2) is 0 Å². The standard InChI is InChI=1S/C18H23NO2S2/c1-13(2)21-16-7-4-6-15(10-16)14(3)19-18(20)12-22-11-17-8-5-9-23-17/h4-10,13-14H,11-12H2,1-3H3,(H,19,20). The molecule has 0 saturated carbocycles. The second-order valence-electron chi connectivity index (χ2n) is 5.60. The van der Waals surface area contributed by atoms with Gasteiger partial charge in [0.05, 0.1) is 17.9 Å². The van der Waals surface area contributed by atoms with E-state index >= 15 is 0 Å². The minimum atomic E-state index is -0.0273. The van der Waals surface area contributed by atoms with Crippen molar-refractivity contribution in [2.75, 3.05) is 5.75 Å². The number of thiophene rings is 1. The fourth-order valence-corrected chi connectivity index (χ4v) is 3.81. The van der Waals surface area contributed by atoms with Crippen molar-refractivity contribution in [2.24, 2.45) is 0 Å². The molecule has 2 aromatic rings. The fraction of sp³-hybridized carbons (Fsp3) is 0.389. The normalized spacial score (nSPS) is 12.2. The lowest BCUT2D eigenvalue weighted by Gasteiger charge is -2.16. The van der Waals surface area contributed by atoms with Gasteiger partial charge in [-0.2, -0.15) is 0 Å². The Balaban J connectivity index is 1.80. The van der Waals surface area contributed by atoms with Crippen LogP contribution in [0, 0.1) is 0 Å². The molecule has 3 nitrogen and oxygen atoms in total. The third-order valence-electron chi connectivity index (χ3n) is 3.16. The summed E-state index contributed by atoms with van der Waals surface area (Å²) in [4.78, 5) is 13.4. The molecule has 0 saturated heterocycles. The second-order valence-corrected chi connectivity index (χ2v) is 7.62. The van der Waals surface area contributed by atoms with Gasteiger partial charge in [0.2, 0.25) is 5.91 Å². The molecule has 1 aromatic heterocycles. The van der Waals surface area contributed by atoms with Crippen LogP contribution in [-0.4, -0.2) is 17.8 Å². The quantitative estimate of drug-likeness (QED) is 0.754. The van der Waals surface area contributed by atoms with Crippen LogP contribution in [0.4, 0.5) is 0 Å². The topological polar surface area (TPSA) is 38.3 Å².